The van der Waals surface area contributed by atoms with Gasteiger partial charge >= 0.3 is 5.97 Å². The number of carbonyl (C=O) groups is 1. The summed E-state index contributed by atoms with van der Waals surface area (Å²) in [4.78, 5) is 13.0. The Morgan fingerprint density at radius 3 is 2.43 bits per heavy atom. The summed E-state index contributed by atoms with van der Waals surface area (Å²) < 4.78 is 23.5. The van der Waals surface area contributed by atoms with Gasteiger partial charge in [-0.05, 0) is 38.9 Å². The van der Waals surface area contributed by atoms with Crippen LogP contribution in [0.15, 0.2) is 24.3 Å². The normalized spacial score (nSPS) is 12.0. The first-order valence-electron chi connectivity index (χ1n) is 6.95. The van der Waals surface area contributed by atoms with Crippen LogP contribution in [0.25, 0.3) is 0 Å². The van der Waals surface area contributed by atoms with Crippen LogP contribution in [0, 0.1) is 0 Å². The zero-order valence-electron chi connectivity index (χ0n) is 12.7. The minimum Gasteiger partial charge on any atom is -0.478 e. The zero-order valence-corrected chi connectivity index (χ0v) is 13.6. The molecule has 21 heavy (non-hydrogen) atoms. The van der Waals surface area contributed by atoms with Crippen LogP contribution in [0.5, 0.6) is 0 Å². The fourth-order valence-electron chi connectivity index (χ4n) is 1.89. The lowest BCUT2D eigenvalue weighted by molar-refractivity contribution is 0.0695. The van der Waals surface area contributed by atoms with Crippen molar-refractivity contribution in [2.45, 2.75) is 25.5 Å². The summed E-state index contributed by atoms with van der Waals surface area (Å²) >= 11 is 0. The third-order valence-electron chi connectivity index (χ3n) is 3.49. The number of carboxylic acids is 1. The predicted molar refractivity (Wildman–Crippen MR) is 83.5 cm³/mol. The van der Waals surface area contributed by atoms with Gasteiger partial charge in [0, 0.05) is 13.1 Å². The van der Waals surface area contributed by atoms with Crippen LogP contribution >= 0.6 is 0 Å². The first kappa shape index (κ1) is 17.7. The van der Waals surface area contributed by atoms with E-state index in [2.05, 4.69) is 0 Å². The number of nitrogens with zero attached hydrogens (tertiary/aromatic N) is 1. The van der Waals surface area contributed by atoms with E-state index in [1.165, 1.54) is 0 Å². The van der Waals surface area contributed by atoms with Crippen LogP contribution in [-0.2, 0) is 16.3 Å². The molecule has 0 aliphatic rings. The Morgan fingerprint density at radius 1 is 1.24 bits per heavy atom. The third-order valence-corrected chi connectivity index (χ3v) is 5.67. The summed E-state index contributed by atoms with van der Waals surface area (Å²) in [6.45, 7) is 4.44. The second-order valence-corrected chi connectivity index (χ2v) is 8.11. The highest BCUT2D eigenvalue weighted by molar-refractivity contribution is 7.92. The van der Waals surface area contributed by atoms with Gasteiger partial charge in [0.05, 0.1) is 16.6 Å². The fraction of sp³-hybridized carbons (Fsp3) is 0.533. The highest BCUT2D eigenvalue weighted by Crippen LogP contribution is 2.10. The van der Waals surface area contributed by atoms with Gasteiger partial charge in [0.1, 0.15) is 0 Å². The average Bonchev–Trinajstić information content (AvgIpc) is 2.43. The van der Waals surface area contributed by atoms with Crippen molar-refractivity contribution in [3.8, 4) is 0 Å². The molecule has 0 radical (unpaired) electrons. The van der Waals surface area contributed by atoms with Gasteiger partial charge in [-0.2, -0.15) is 0 Å². The molecule has 0 aliphatic carbocycles. The van der Waals surface area contributed by atoms with Crippen molar-refractivity contribution in [3.63, 3.8) is 0 Å². The van der Waals surface area contributed by atoms with Crippen LogP contribution in [-0.4, -0.2) is 55.5 Å². The number of likely N-dealkylation sites (N-methyl/N-ethyl adjacent to an activating group) is 1. The lowest BCUT2D eigenvalue weighted by Gasteiger charge is -2.18. The van der Waals surface area contributed by atoms with E-state index in [1.807, 2.05) is 18.0 Å². The van der Waals surface area contributed by atoms with E-state index in [0.29, 0.717) is 25.1 Å². The fourth-order valence-corrected chi connectivity index (χ4v) is 2.93. The maximum atomic E-state index is 11.7. The van der Waals surface area contributed by atoms with Crippen molar-refractivity contribution >= 4 is 15.8 Å². The molecule has 0 saturated heterocycles. The molecular formula is C15H23NO4S. The van der Waals surface area contributed by atoms with Crippen LogP contribution < -0.4 is 0 Å². The summed E-state index contributed by atoms with van der Waals surface area (Å²) in [6.07, 6.45) is 0.584. The van der Waals surface area contributed by atoms with E-state index in [4.69, 9.17) is 5.11 Å². The lowest BCUT2D eigenvalue weighted by atomic mass is 10.0. The summed E-state index contributed by atoms with van der Waals surface area (Å²) in [7, 11) is -1.19. The quantitative estimate of drug-likeness (QED) is 0.790. The molecule has 1 aromatic rings. The molecule has 0 unspecified atom stereocenters. The standard InChI is InChI=1S/C15H23NO4S/c1-12(2)21(19,20)11-10-16(3)9-8-13-6-4-5-7-14(13)15(17)18/h4-7,12H,8-11H2,1-3H3,(H,17,18). The Balaban J connectivity index is 2.55. The summed E-state index contributed by atoms with van der Waals surface area (Å²) in [5.41, 5.74) is 1.07. The molecule has 118 valence electrons. The van der Waals surface area contributed by atoms with Crippen LogP contribution in [0.4, 0.5) is 0 Å². The molecule has 0 heterocycles. The monoisotopic (exact) mass is 313 g/mol. The second kappa shape index (κ2) is 7.56. The number of sulfone groups is 1. The molecule has 1 rings (SSSR count). The lowest BCUT2D eigenvalue weighted by Crippen LogP contribution is -2.30. The molecule has 0 fully saturated rings. The van der Waals surface area contributed by atoms with Gasteiger partial charge in [-0.25, -0.2) is 13.2 Å². The van der Waals surface area contributed by atoms with Crippen molar-refractivity contribution in [1.82, 2.24) is 4.90 Å². The summed E-state index contributed by atoms with van der Waals surface area (Å²) in [6, 6.07) is 6.89. The highest BCUT2D eigenvalue weighted by atomic mass is 32.2. The van der Waals surface area contributed by atoms with Gasteiger partial charge in [-0.1, -0.05) is 18.2 Å². The minimum absolute atomic E-state index is 0.127. The number of benzene rings is 1. The Morgan fingerprint density at radius 2 is 1.86 bits per heavy atom. The van der Waals surface area contributed by atoms with Gasteiger partial charge in [0.2, 0.25) is 0 Å². The minimum atomic E-state index is -3.03. The summed E-state index contributed by atoms with van der Waals surface area (Å²) in [5.74, 6) is -0.808. The smallest absolute Gasteiger partial charge is 0.335 e. The van der Waals surface area contributed by atoms with E-state index in [-0.39, 0.29) is 11.0 Å². The SMILES string of the molecule is CC(C)S(=O)(=O)CCN(C)CCc1ccccc1C(=O)O. The Hall–Kier alpha value is -1.40. The molecule has 6 heteroatoms. The molecule has 0 atom stereocenters. The van der Waals surface area contributed by atoms with Crippen LogP contribution in [0.1, 0.15) is 29.8 Å². The van der Waals surface area contributed by atoms with Gasteiger partial charge in [-0.15, -0.1) is 0 Å². The Kier molecular flexibility index (Phi) is 6.36. The first-order valence-corrected chi connectivity index (χ1v) is 8.67. The molecule has 1 N–H and O–H groups in total. The molecule has 0 amide bonds. The largest absolute Gasteiger partial charge is 0.478 e. The molecule has 0 bridgehead atoms. The first-order chi connectivity index (χ1) is 9.74. The van der Waals surface area contributed by atoms with E-state index in [0.717, 1.165) is 5.56 Å². The maximum absolute atomic E-state index is 11.7. The van der Waals surface area contributed by atoms with E-state index < -0.39 is 15.8 Å². The Labute approximate surface area is 126 Å². The molecular weight excluding hydrogens is 290 g/mol. The van der Waals surface area contributed by atoms with E-state index in [9.17, 15) is 13.2 Å². The van der Waals surface area contributed by atoms with Crippen molar-refractivity contribution in [1.29, 1.82) is 0 Å². The molecule has 0 aliphatic heterocycles. The van der Waals surface area contributed by atoms with Gasteiger partial charge in [0.25, 0.3) is 0 Å². The number of carboxylic acid groups (broad SMARTS) is 1. The number of aromatic carboxylic acids is 1. The van der Waals surface area contributed by atoms with E-state index >= 15 is 0 Å². The molecule has 1 aromatic carbocycles. The predicted octanol–water partition coefficient (Wildman–Crippen LogP) is 1.68. The second-order valence-electron chi connectivity index (χ2n) is 5.43. The van der Waals surface area contributed by atoms with Crippen LogP contribution in [0.3, 0.4) is 0 Å². The van der Waals surface area contributed by atoms with Gasteiger partial charge in [-0.3, -0.25) is 0 Å². The number of rotatable bonds is 8. The maximum Gasteiger partial charge on any atom is 0.335 e. The average molecular weight is 313 g/mol. The van der Waals surface area contributed by atoms with E-state index in [1.54, 1.807) is 32.0 Å². The Bertz CT molecular complexity index is 581. The zero-order chi connectivity index (χ0) is 16.0. The third kappa shape index (κ3) is 5.47. The van der Waals surface area contributed by atoms with Crippen molar-refractivity contribution in [2.24, 2.45) is 0 Å². The molecule has 0 saturated carbocycles. The van der Waals surface area contributed by atoms with Gasteiger partial charge < -0.3 is 10.0 Å². The molecule has 0 aromatic heterocycles. The highest BCUT2D eigenvalue weighted by Gasteiger charge is 2.17. The van der Waals surface area contributed by atoms with Crippen LogP contribution in [0.2, 0.25) is 0 Å². The van der Waals surface area contributed by atoms with Crippen molar-refractivity contribution in [3.05, 3.63) is 35.4 Å². The molecule has 5 nitrogen and oxygen atoms in total. The number of hydrogen-bond acceptors (Lipinski definition) is 4. The number of hydrogen-bond donors (Lipinski definition) is 1. The topological polar surface area (TPSA) is 74.7 Å². The van der Waals surface area contributed by atoms with Gasteiger partial charge in [0.15, 0.2) is 9.84 Å². The summed E-state index contributed by atoms with van der Waals surface area (Å²) in [5, 5.41) is 8.75. The van der Waals surface area contributed by atoms with Crippen molar-refractivity contribution < 1.29 is 18.3 Å². The van der Waals surface area contributed by atoms with Crippen molar-refractivity contribution in [2.75, 3.05) is 25.9 Å². The molecule has 0 spiro atoms.